The Morgan fingerprint density at radius 3 is 2.58 bits per heavy atom. The summed E-state index contributed by atoms with van der Waals surface area (Å²) in [7, 11) is 0. The number of halogens is 4. The lowest BCUT2D eigenvalue weighted by atomic mass is 10.2. The second kappa shape index (κ2) is 5.21. The summed E-state index contributed by atoms with van der Waals surface area (Å²) in [6.45, 7) is 1.80. The van der Waals surface area contributed by atoms with Gasteiger partial charge >= 0.3 is 6.18 Å². The van der Waals surface area contributed by atoms with Crippen LogP contribution in [0, 0.1) is 6.92 Å². The van der Waals surface area contributed by atoms with E-state index < -0.39 is 11.7 Å². The van der Waals surface area contributed by atoms with Crippen LogP contribution < -0.4 is 4.74 Å². The third-order valence-corrected chi connectivity index (χ3v) is 2.92. The number of pyridine rings is 1. The van der Waals surface area contributed by atoms with Crippen molar-refractivity contribution in [2.45, 2.75) is 13.1 Å². The summed E-state index contributed by atoms with van der Waals surface area (Å²) < 4.78 is 43.8. The van der Waals surface area contributed by atoms with Gasteiger partial charge in [-0.05, 0) is 30.7 Å². The molecular weight excluding hydrogens is 323 g/mol. The number of rotatable bonds is 2. The van der Waals surface area contributed by atoms with E-state index >= 15 is 0 Å². The first-order valence-corrected chi connectivity index (χ1v) is 6.13. The van der Waals surface area contributed by atoms with Crippen LogP contribution in [0.1, 0.15) is 11.1 Å². The Balaban J connectivity index is 2.31. The second-order valence-corrected chi connectivity index (χ2v) is 4.81. The molecule has 0 radical (unpaired) electrons. The van der Waals surface area contributed by atoms with Crippen LogP contribution in [0.5, 0.6) is 11.6 Å². The lowest BCUT2D eigenvalue weighted by Gasteiger charge is -2.10. The molecule has 0 aliphatic rings. The van der Waals surface area contributed by atoms with Crippen molar-refractivity contribution in [3.05, 3.63) is 52.1 Å². The first-order valence-electron chi connectivity index (χ1n) is 5.33. The highest BCUT2D eigenvalue weighted by Crippen LogP contribution is 2.32. The van der Waals surface area contributed by atoms with Crippen LogP contribution in [0.25, 0.3) is 0 Å². The van der Waals surface area contributed by atoms with Gasteiger partial charge in [0.15, 0.2) is 0 Å². The minimum absolute atomic E-state index is 0.0870. The van der Waals surface area contributed by atoms with Crippen molar-refractivity contribution in [3.8, 4) is 11.6 Å². The molecule has 2 aromatic rings. The smallest absolute Gasteiger partial charge is 0.416 e. The minimum Gasteiger partial charge on any atom is -0.439 e. The van der Waals surface area contributed by atoms with Gasteiger partial charge in [-0.2, -0.15) is 13.2 Å². The van der Waals surface area contributed by atoms with Crippen LogP contribution in [-0.4, -0.2) is 4.98 Å². The van der Waals surface area contributed by atoms with E-state index in [1.807, 2.05) is 6.07 Å². The molecule has 0 amide bonds. The number of hydrogen-bond acceptors (Lipinski definition) is 2. The van der Waals surface area contributed by atoms with E-state index in [0.29, 0.717) is 5.75 Å². The topological polar surface area (TPSA) is 22.1 Å². The third kappa shape index (κ3) is 3.47. The van der Waals surface area contributed by atoms with Crippen molar-refractivity contribution in [3.63, 3.8) is 0 Å². The molecule has 6 heteroatoms. The maximum Gasteiger partial charge on any atom is 0.416 e. The van der Waals surface area contributed by atoms with E-state index in [2.05, 4.69) is 20.9 Å². The van der Waals surface area contributed by atoms with E-state index in [4.69, 9.17) is 4.74 Å². The Labute approximate surface area is 116 Å². The highest BCUT2D eigenvalue weighted by atomic mass is 79.9. The standard InChI is InChI=1S/C13H9BrF3NO/c1-8-2-3-10(14)7-11(8)19-12-6-9(4-5-18-12)13(15,16)17/h2-7H,1H3. The first kappa shape index (κ1) is 13.9. The molecule has 1 aromatic carbocycles. The maximum atomic E-state index is 12.6. The zero-order valence-electron chi connectivity index (χ0n) is 9.83. The largest absolute Gasteiger partial charge is 0.439 e. The van der Waals surface area contributed by atoms with Crippen LogP contribution >= 0.6 is 15.9 Å². The van der Waals surface area contributed by atoms with Gasteiger partial charge in [0.2, 0.25) is 5.88 Å². The summed E-state index contributed by atoms with van der Waals surface area (Å²) in [5.41, 5.74) is 0.0209. The van der Waals surface area contributed by atoms with Gasteiger partial charge in [-0.15, -0.1) is 0 Å². The number of alkyl halides is 3. The molecule has 0 N–H and O–H groups in total. The van der Waals surface area contributed by atoms with Gasteiger partial charge in [0, 0.05) is 16.7 Å². The predicted molar refractivity (Wildman–Crippen MR) is 68.2 cm³/mol. The quantitative estimate of drug-likeness (QED) is 0.775. The van der Waals surface area contributed by atoms with E-state index in [1.54, 1.807) is 19.1 Å². The highest BCUT2D eigenvalue weighted by Gasteiger charge is 2.31. The van der Waals surface area contributed by atoms with Crippen molar-refractivity contribution < 1.29 is 17.9 Å². The summed E-state index contributed by atoms with van der Waals surface area (Å²) in [5.74, 6) is 0.372. The Bertz CT molecular complexity index is 599. The average Bonchev–Trinajstić information content (AvgIpc) is 2.33. The van der Waals surface area contributed by atoms with Gasteiger partial charge in [0.05, 0.1) is 5.56 Å². The van der Waals surface area contributed by atoms with Crippen LogP contribution in [0.15, 0.2) is 41.0 Å². The number of benzene rings is 1. The maximum absolute atomic E-state index is 12.6. The van der Waals surface area contributed by atoms with Crippen molar-refractivity contribution in [2.75, 3.05) is 0 Å². The van der Waals surface area contributed by atoms with E-state index in [9.17, 15) is 13.2 Å². The van der Waals surface area contributed by atoms with Crippen molar-refractivity contribution in [1.29, 1.82) is 0 Å². The summed E-state index contributed by atoms with van der Waals surface area (Å²) in [6, 6.07) is 7.08. The molecule has 2 rings (SSSR count). The minimum atomic E-state index is -4.41. The number of nitrogens with zero attached hydrogens (tertiary/aromatic N) is 1. The van der Waals surface area contributed by atoms with E-state index in [1.165, 1.54) is 0 Å². The van der Waals surface area contributed by atoms with E-state index in [0.717, 1.165) is 28.4 Å². The van der Waals surface area contributed by atoms with Crippen molar-refractivity contribution in [2.24, 2.45) is 0 Å². The fraction of sp³-hybridized carbons (Fsp3) is 0.154. The fourth-order valence-electron chi connectivity index (χ4n) is 1.44. The average molecular weight is 332 g/mol. The number of aromatic nitrogens is 1. The number of aryl methyl sites for hydroxylation is 1. The van der Waals surface area contributed by atoms with Crippen molar-refractivity contribution >= 4 is 15.9 Å². The molecule has 2 nitrogen and oxygen atoms in total. The summed E-state index contributed by atoms with van der Waals surface area (Å²) >= 11 is 3.28. The summed E-state index contributed by atoms with van der Waals surface area (Å²) in [4.78, 5) is 3.78. The summed E-state index contributed by atoms with van der Waals surface area (Å²) in [6.07, 6.45) is -3.33. The second-order valence-electron chi connectivity index (χ2n) is 3.89. The molecule has 1 aromatic heterocycles. The number of ether oxygens (including phenoxy) is 1. The van der Waals surface area contributed by atoms with Gasteiger partial charge in [0.25, 0.3) is 0 Å². The third-order valence-electron chi connectivity index (χ3n) is 2.43. The Kier molecular flexibility index (Phi) is 3.80. The van der Waals surface area contributed by atoms with Gasteiger partial charge in [-0.3, -0.25) is 0 Å². The monoisotopic (exact) mass is 331 g/mol. The fourth-order valence-corrected chi connectivity index (χ4v) is 1.78. The zero-order chi connectivity index (χ0) is 14.0. The van der Waals surface area contributed by atoms with Gasteiger partial charge in [-0.1, -0.05) is 22.0 Å². The zero-order valence-corrected chi connectivity index (χ0v) is 11.4. The molecule has 0 saturated carbocycles. The Morgan fingerprint density at radius 1 is 1.16 bits per heavy atom. The molecule has 19 heavy (non-hydrogen) atoms. The molecule has 0 atom stereocenters. The van der Waals surface area contributed by atoms with Crippen LogP contribution in [0.2, 0.25) is 0 Å². The van der Waals surface area contributed by atoms with Crippen molar-refractivity contribution in [1.82, 2.24) is 4.98 Å². The molecular formula is C13H9BrF3NO. The molecule has 0 saturated heterocycles. The van der Waals surface area contributed by atoms with Crippen LogP contribution in [0.4, 0.5) is 13.2 Å². The lowest BCUT2D eigenvalue weighted by Crippen LogP contribution is -2.05. The molecule has 0 aliphatic heterocycles. The van der Waals surface area contributed by atoms with Crippen LogP contribution in [-0.2, 0) is 6.18 Å². The molecule has 0 fully saturated rings. The van der Waals surface area contributed by atoms with E-state index in [-0.39, 0.29) is 5.88 Å². The lowest BCUT2D eigenvalue weighted by molar-refractivity contribution is -0.137. The number of hydrogen-bond donors (Lipinski definition) is 0. The van der Waals surface area contributed by atoms with Gasteiger partial charge in [0.1, 0.15) is 5.75 Å². The van der Waals surface area contributed by atoms with Gasteiger partial charge < -0.3 is 4.74 Å². The molecule has 0 unspecified atom stereocenters. The molecule has 0 bridgehead atoms. The molecule has 1 heterocycles. The predicted octanol–water partition coefficient (Wildman–Crippen LogP) is 4.96. The molecule has 100 valence electrons. The van der Waals surface area contributed by atoms with Gasteiger partial charge in [-0.25, -0.2) is 4.98 Å². The highest BCUT2D eigenvalue weighted by molar-refractivity contribution is 9.10. The molecule has 0 spiro atoms. The van der Waals surface area contributed by atoms with Crippen LogP contribution in [0.3, 0.4) is 0 Å². The summed E-state index contributed by atoms with van der Waals surface area (Å²) in [5, 5.41) is 0. The normalized spacial score (nSPS) is 11.4. The first-order chi connectivity index (χ1) is 8.86. The Morgan fingerprint density at radius 2 is 1.89 bits per heavy atom. The molecule has 0 aliphatic carbocycles. The Hall–Kier alpha value is -1.56. The SMILES string of the molecule is Cc1ccc(Br)cc1Oc1cc(C(F)(F)F)ccn1.